The second-order valence-corrected chi connectivity index (χ2v) is 7.99. The van der Waals surface area contributed by atoms with Gasteiger partial charge in [-0.2, -0.15) is 18.3 Å². The second kappa shape index (κ2) is 8.17. The molecule has 1 aromatic carbocycles. The fraction of sp³-hybridized carbons (Fsp3) is 0.348. The van der Waals surface area contributed by atoms with E-state index in [2.05, 4.69) is 27.5 Å². The Morgan fingerprint density at radius 2 is 1.81 bits per heavy atom. The summed E-state index contributed by atoms with van der Waals surface area (Å²) in [6.07, 6.45) is 2.02. The van der Waals surface area contributed by atoms with Gasteiger partial charge < -0.3 is 5.32 Å². The van der Waals surface area contributed by atoms with E-state index in [9.17, 15) is 18.0 Å². The van der Waals surface area contributed by atoms with E-state index in [1.165, 1.54) is 22.5 Å². The maximum Gasteiger partial charge on any atom is 0.417 e. The van der Waals surface area contributed by atoms with Crippen LogP contribution in [0, 0.1) is 6.92 Å². The molecule has 3 aromatic rings. The summed E-state index contributed by atoms with van der Waals surface area (Å²) < 4.78 is 39.7. The van der Waals surface area contributed by atoms with Crippen molar-refractivity contribution in [2.45, 2.75) is 44.2 Å². The number of aromatic nitrogens is 3. The van der Waals surface area contributed by atoms with Crippen LogP contribution in [-0.4, -0.2) is 27.2 Å². The van der Waals surface area contributed by atoms with Gasteiger partial charge in [-0.25, -0.2) is 9.67 Å². The van der Waals surface area contributed by atoms with Gasteiger partial charge in [-0.3, -0.25) is 4.79 Å². The summed E-state index contributed by atoms with van der Waals surface area (Å²) in [5.74, 6) is -0.0287. The molecule has 0 unspecified atom stereocenters. The van der Waals surface area contributed by atoms with Crippen molar-refractivity contribution in [1.29, 1.82) is 0 Å². The fourth-order valence-electron chi connectivity index (χ4n) is 4.30. The lowest BCUT2D eigenvalue weighted by atomic mass is 9.79. The van der Waals surface area contributed by atoms with E-state index in [-0.39, 0.29) is 17.1 Å². The number of benzene rings is 1. The summed E-state index contributed by atoms with van der Waals surface area (Å²) >= 11 is 0. The van der Waals surface area contributed by atoms with Crippen LogP contribution in [0.25, 0.3) is 5.82 Å². The predicted molar refractivity (Wildman–Crippen MR) is 110 cm³/mol. The molecule has 0 aliphatic heterocycles. The highest BCUT2D eigenvalue weighted by molar-refractivity contribution is 5.95. The molecule has 0 saturated heterocycles. The highest BCUT2D eigenvalue weighted by Gasteiger charge is 2.36. The number of nitrogens with zero attached hydrogens (tertiary/aromatic N) is 3. The van der Waals surface area contributed by atoms with E-state index in [4.69, 9.17) is 0 Å². The standard InChI is InChI=1S/C23H23F3N4O/c1-16-19(14-29-30(16)20-10-9-18(13-27-20)23(24,25)26)21(31)28-15-22(11-5-6-12-22)17-7-3-2-4-8-17/h2-4,7-10,13-14H,5-6,11-12,15H2,1H3,(H,28,31). The Balaban J connectivity index is 1.51. The Bertz CT molecular complexity index is 1050. The number of amides is 1. The van der Waals surface area contributed by atoms with Crippen LogP contribution in [0.15, 0.2) is 54.9 Å². The minimum atomic E-state index is -4.45. The van der Waals surface area contributed by atoms with Gasteiger partial charge in [0.15, 0.2) is 5.82 Å². The molecule has 0 radical (unpaired) electrons. The molecular formula is C23H23F3N4O. The molecule has 0 atom stereocenters. The lowest BCUT2D eigenvalue weighted by molar-refractivity contribution is -0.137. The van der Waals surface area contributed by atoms with Crippen LogP contribution >= 0.6 is 0 Å². The summed E-state index contributed by atoms with van der Waals surface area (Å²) in [6.45, 7) is 2.22. The van der Waals surface area contributed by atoms with Gasteiger partial charge in [0.05, 0.1) is 23.0 Å². The Hall–Kier alpha value is -3.16. The molecule has 4 rings (SSSR count). The third-order valence-corrected chi connectivity index (χ3v) is 6.08. The maximum absolute atomic E-state index is 12.9. The molecule has 0 spiro atoms. The van der Waals surface area contributed by atoms with E-state index in [1.807, 2.05) is 18.2 Å². The molecule has 1 N–H and O–H groups in total. The highest BCUT2D eigenvalue weighted by atomic mass is 19.4. The first-order valence-corrected chi connectivity index (χ1v) is 10.2. The lowest BCUT2D eigenvalue weighted by Gasteiger charge is -2.30. The van der Waals surface area contributed by atoms with Crippen molar-refractivity contribution in [3.8, 4) is 5.82 Å². The number of alkyl halides is 3. The summed E-state index contributed by atoms with van der Waals surface area (Å²) in [5, 5.41) is 7.22. The summed E-state index contributed by atoms with van der Waals surface area (Å²) in [5.41, 5.74) is 1.22. The van der Waals surface area contributed by atoms with Gasteiger partial charge in [-0.05, 0) is 37.5 Å². The molecule has 1 saturated carbocycles. The van der Waals surface area contributed by atoms with E-state index < -0.39 is 11.7 Å². The minimum absolute atomic E-state index is 0.0736. The van der Waals surface area contributed by atoms with Crippen LogP contribution in [0.5, 0.6) is 0 Å². The molecule has 1 aliphatic rings. The largest absolute Gasteiger partial charge is 0.417 e. The molecule has 2 aromatic heterocycles. The lowest BCUT2D eigenvalue weighted by Crippen LogP contribution is -2.39. The molecule has 8 heteroatoms. The van der Waals surface area contributed by atoms with Gasteiger partial charge >= 0.3 is 6.18 Å². The van der Waals surface area contributed by atoms with Gasteiger partial charge in [0.25, 0.3) is 5.91 Å². The fourth-order valence-corrected chi connectivity index (χ4v) is 4.30. The number of pyridine rings is 1. The number of carbonyl (C=O) groups is 1. The maximum atomic E-state index is 12.9. The number of nitrogens with one attached hydrogen (secondary N) is 1. The van der Waals surface area contributed by atoms with E-state index in [1.54, 1.807) is 6.92 Å². The smallest absolute Gasteiger partial charge is 0.351 e. The number of halogens is 3. The quantitative estimate of drug-likeness (QED) is 0.633. The second-order valence-electron chi connectivity index (χ2n) is 7.99. The highest BCUT2D eigenvalue weighted by Crippen LogP contribution is 2.40. The third kappa shape index (κ3) is 4.19. The Labute approximate surface area is 178 Å². The molecule has 2 heterocycles. The van der Waals surface area contributed by atoms with Gasteiger partial charge in [0, 0.05) is 18.2 Å². The van der Waals surface area contributed by atoms with E-state index >= 15 is 0 Å². The molecule has 1 fully saturated rings. The van der Waals surface area contributed by atoms with Gasteiger partial charge in [-0.15, -0.1) is 0 Å². The van der Waals surface area contributed by atoms with Crippen LogP contribution in [0.2, 0.25) is 0 Å². The normalized spacial score (nSPS) is 15.7. The third-order valence-electron chi connectivity index (χ3n) is 6.08. The van der Waals surface area contributed by atoms with Gasteiger partial charge in [-0.1, -0.05) is 43.2 Å². The monoisotopic (exact) mass is 428 g/mol. The molecule has 1 aliphatic carbocycles. The van der Waals surface area contributed by atoms with E-state index in [0.29, 0.717) is 17.8 Å². The molecule has 162 valence electrons. The van der Waals surface area contributed by atoms with Crippen LogP contribution in [-0.2, 0) is 11.6 Å². The van der Waals surface area contributed by atoms with Crippen LogP contribution < -0.4 is 5.32 Å². The van der Waals surface area contributed by atoms with Crippen LogP contribution in [0.3, 0.4) is 0 Å². The summed E-state index contributed by atoms with van der Waals surface area (Å²) in [6, 6.07) is 12.4. The van der Waals surface area contributed by atoms with Gasteiger partial charge in [0.1, 0.15) is 0 Å². The van der Waals surface area contributed by atoms with Gasteiger partial charge in [0.2, 0.25) is 0 Å². The number of carbonyl (C=O) groups excluding carboxylic acids is 1. The van der Waals surface area contributed by atoms with Crippen LogP contribution in [0.4, 0.5) is 13.2 Å². The zero-order valence-electron chi connectivity index (χ0n) is 17.1. The average Bonchev–Trinajstić information content (AvgIpc) is 3.40. The zero-order valence-corrected chi connectivity index (χ0v) is 17.1. The molecule has 0 bridgehead atoms. The predicted octanol–water partition coefficient (Wildman–Crippen LogP) is 4.84. The number of hydrogen-bond donors (Lipinski definition) is 1. The van der Waals surface area contributed by atoms with Crippen molar-refractivity contribution in [2.24, 2.45) is 0 Å². The SMILES string of the molecule is Cc1c(C(=O)NCC2(c3ccccc3)CCCC2)cnn1-c1ccc(C(F)(F)F)cn1. The molecule has 5 nitrogen and oxygen atoms in total. The first-order valence-electron chi connectivity index (χ1n) is 10.2. The van der Waals surface area contributed by atoms with Crippen molar-refractivity contribution in [3.05, 3.63) is 77.2 Å². The topological polar surface area (TPSA) is 59.8 Å². The number of rotatable bonds is 5. The summed E-state index contributed by atoms with van der Waals surface area (Å²) in [7, 11) is 0. The Kier molecular flexibility index (Phi) is 5.56. The van der Waals surface area contributed by atoms with Crippen molar-refractivity contribution < 1.29 is 18.0 Å². The van der Waals surface area contributed by atoms with E-state index in [0.717, 1.165) is 37.9 Å². The summed E-state index contributed by atoms with van der Waals surface area (Å²) in [4.78, 5) is 16.7. The molecule has 31 heavy (non-hydrogen) atoms. The van der Waals surface area contributed by atoms with Crippen molar-refractivity contribution in [2.75, 3.05) is 6.54 Å². The first-order chi connectivity index (χ1) is 14.8. The average molecular weight is 428 g/mol. The Morgan fingerprint density at radius 1 is 1.10 bits per heavy atom. The number of hydrogen-bond acceptors (Lipinski definition) is 3. The zero-order chi connectivity index (χ0) is 22.1. The van der Waals surface area contributed by atoms with Crippen molar-refractivity contribution >= 4 is 5.91 Å². The molecular weight excluding hydrogens is 405 g/mol. The first kappa shape index (κ1) is 21.1. The van der Waals surface area contributed by atoms with Crippen molar-refractivity contribution in [1.82, 2.24) is 20.1 Å². The minimum Gasteiger partial charge on any atom is -0.351 e. The Morgan fingerprint density at radius 3 is 2.42 bits per heavy atom. The van der Waals surface area contributed by atoms with Crippen molar-refractivity contribution in [3.63, 3.8) is 0 Å². The molecule has 1 amide bonds. The van der Waals surface area contributed by atoms with Crippen LogP contribution in [0.1, 0.15) is 52.9 Å².